The van der Waals surface area contributed by atoms with Gasteiger partial charge in [-0.25, -0.2) is 4.79 Å². The van der Waals surface area contributed by atoms with Crippen molar-refractivity contribution in [2.24, 2.45) is 0 Å². The maximum absolute atomic E-state index is 12.7. The molecule has 0 aliphatic carbocycles. The largest absolute Gasteiger partial charge is 0.493 e. The smallest absolute Gasteiger partial charge is 0.320 e. The second-order valence-corrected chi connectivity index (χ2v) is 6.09. The van der Waals surface area contributed by atoms with Crippen LogP contribution < -0.4 is 9.47 Å². The number of hydrogen-bond donors (Lipinski definition) is 0. The highest BCUT2D eigenvalue weighted by Gasteiger charge is 2.29. The number of hydrogen-bond acceptors (Lipinski definition) is 4. The first-order valence-electron chi connectivity index (χ1n) is 8.16. The van der Waals surface area contributed by atoms with Crippen LogP contribution in [0.4, 0.5) is 4.79 Å². The number of carbonyl (C=O) groups excluding carboxylic acids is 2. The number of benzene rings is 1. The molecule has 130 valence electrons. The van der Waals surface area contributed by atoms with Crippen molar-refractivity contribution in [1.82, 2.24) is 14.7 Å². The van der Waals surface area contributed by atoms with E-state index in [4.69, 9.17) is 9.47 Å². The molecule has 0 unspecified atom stereocenters. The van der Waals surface area contributed by atoms with E-state index >= 15 is 0 Å². The third kappa shape index (κ3) is 3.25. The number of amides is 3. The predicted molar refractivity (Wildman–Crippen MR) is 88.1 cm³/mol. The average Bonchev–Trinajstić information content (AvgIpc) is 2.87. The Hall–Kier alpha value is -2.44. The minimum absolute atomic E-state index is 0.0330. The van der Waals surface area contributed by atoms with Crippen LogP contribution in [-0.2, 0) is 11.3 Å². The molecule has 2 aliphatic rings. The van der Waals surface area contributed by atoms with Gasteiger partial charge < -0.3 is 24.2 Å². The first kappa shape index (κ1) is 16.4. The van der Waals surface area contributed by atoms with Gasteiger partial charge in [0.25, 0.3) is 0 Å². The summed E-state index contributed by atoms with van der Waals surface area (Å²) < 4.78 is 11.2. The molecular formula is C17H23N3O4. The van der Waals surface area contributed by atoms with Crippen LogP contribution >= 0.6 is 0 Å². The summed E-state index contributed by atoms with van der Waals surface area (Å²) in [6.45, 7) is 3.00. The van der Waals surface area contributed by atoms with Gasteiger partial charge in [0.2, 0.25) is 5.91 Å². The van der Waals surface area contributed by atoms with Crippen molar-refractivity contribution < 1.29 is 19.1 Å². The molecule has 2 heterocycles. The van der Waals surface area contributed by atoms with Crippen LogP contribution in [0, 0.1) is 0 Å². The second-order valence-electron chi connectivity index (χ2n) is 6.09. The lowest BCUT2D eigenvalue weighted by atomic mass is 10.1. The van der Waals surface area contributed by atoms with E-state index in [1.54, 1.807) is 28.9 Å². The summed E-state index contributed by atoms with van der Waals surface area (Å²) in [5.41, 5.74) is 0.923. The number of carbonyl (C=O) groups is 2. The van der Waals surface area contributed by atoms with Crippen molar-refractivity contribution in [2.45, 2.75) is 13.0 Å². The zero-order chi connectivity index (χ0) is 17.1. The molecule has 7 nitrogen and oxygen atoms in total. The van der Waals surface area contributed by atoms with Gasteiger partial charge in [-0.2, -0.15) is 0 Å². The number of fused-ring (bicyclic) bond motifs is 1. The number of para-hydroxylation sites is 1. The standard InChI is InChI=1S/C17H23N3O4/c1-18-8-9-20(17(18)22)12-15(21)19-7-4-10-24-16-13(11-19)5-3-6-14(16)23-2/h3,5-6H,4,7-12H2,1-2H3. The second kappa shape index (κ2) is 6.98. The molecule has 0 bridgehead atoms. The third-order valence-corrected chi connectivity index (χ3v) is 4.44. The van der Waals surface area contributed by atoms with Crippen molar-refractivity contribution in [3.63, 3.8) is 0 Å². The summed E-state index contributed by atoms with van der Waals surface area (Å²) in [4.78, 5) is 29.7. The highest BCUT2D eigenvalue weighted by molar-refractivity contribution is 5.85. The molecule has 0 radical (unpaired) electrons. The van der Waals surface area contributed by atoms with Crippen LogP contribution in [0.1, 0.15) is 12.0 Å². The minimum atomic E-state index is -0.0826. The van der Waals surface area contributed by atoms with Gasteiger partial charge in [0.1, 0.15) is 6.54 Å². The van der Waals surface area contributed by atoms with Gasteiger partial charge in [0.15, 0.2) is 11.5 Å². The van der Waals surface area contributed by atoms with Crippen LogP contribution in [0.5, 0.6) is 11.5 Å². The summed E-state index contributed by atoms with van der Waals surface area (Å²) in [5.74, 6) is 1.35. The first-order valence-corrected chi connectivity index (χ1v) is 8.16. The van der Waals surface area contributed by atoms with Crippen LogP contribution in [0.3, 0.4) is 0 Å². The first-order chi connectivity index (χ1) is 11.6. The molecule has 1 aromatic carbocycles. The molecule has 0 atom stereocenters. The number of ether oxygens (including phenoxy) is 2. The van der Waals surface area contributed by atoms with Crippen LogP contribution in [0.25, 0.3) is 0 Å². The van der Waals surface area contributed by atoms with E-state index in [2.05, 4.69) is 0 Å². The summed E-state index contributed by atoms with van der Waals surface area (Å²) in [7, 11) is 3.36. The molecule has 7 heteroatoms. The molecule has 1 aromatic rings. The van der Waals surface area contributed by atoms with E-state index < -0.39 is 0 Å². The molecular weight excluding hydrogens is 310 g/mol. The molecule has 0 spiro atoms. The molecule has 24 heavy (non-hydrogen) atoms. The van der Waals surface area contributed by atoms with Gasteiger partial charge in [-0.05, 0) is 12.5 Å². The van der Waals surface area contributed by atoms with Gasteiger partial charge >= 0.3 is 6.03 Å². The van der Waals surface area contributed by atoms with Gasteiger partial charge in [0.05, 0.1) is 13.7 Å². The van der Waals surface area contributed by atoms with Crippen LogP contribution in [0.15, 0.2) is 18.2 Å². The van der Waals surface area contributed by atoms with E-state index in [1.165, 1.54) is 0 Å². The number of likely N-dealkylation sites (N-methyl/N-ethyl adjacent to an activating group) is 1. The maximum atomic E-state index is 12.7. The summed E-state index contributed by atoms with van der Waals surface area (Å²) in [6, 6.07) is 5.61. The topological polar surface area (TPSA) is 62.3 Å². The van der Waals surface area contributed by atoms with Crippen LogP contribution in [-0.4, -0.2) is 73.6 Å². The Morgan fingerprint density at radius 3 is 2.83 bits per heavy atom. The average molecular weight is 333 g/mol. The molecule has 1 saturated heterocycles. The van der Waals surface area contributed by atoms with Crippen molar-refractivity contribution in [2.75, 3.05) is 46.9 Å². The predicted octanol–water partition coefficient (Wildman–Crippen LogP) is 1.17. The van der Waals surface area contributed by atoms with Crippen molar-refractivity contribution in [1.29, 1.82) is 0 Å². The van der Waals surface area contributed by atoms with Crippen molar-refractivity contribution in [3.8, 4) is 11.5 Å². The Labute approximate surface area is 141 Å². The van der Waals surface area contributed by atoms with E-state index in [9.17, 15) is 9.59 Å². The fourth-order valence-electron chi connectivity index (χ4n) is 3.05. The van der Waals surface area contributed by atoms with Gasteiger partial charge in [-0.15, -0.1) is 0 Å². The monoisotopic (exact) mass is 333 g/mol. The van der Waals surface area contributed by atoms with Gasteiger partial charge in [-0.1, -0.05) is 12.1 Å². The molecule has 0 aromatic heterocycles. The van der Waals surface area contributed by atoms with E-state index in [0.29, 0.717) is 44.3 Å². The van der Waals surface area contributed by atoms with Crippen molar-refractivity contribution >= 4 is 11.9 Å². The SMILES string of the molecule is COc1cccc2c1OCCCN(C(=O)CN1CCN(C)C1=O)C2. The van der Waals surface area contributed by atoms with E-state index in [1.807, 2.05) is 18.2 Å². The number of urea groups is 1. The number of rotatable bonds is 3. The quantitative estimate of drug-likeness (QED) is 0.833. The summed E-state index contributed by atoms with van der Waals surface area (Å²) >= 11 is 0. The molecule has 3 amide bonds. The van der Waals surface area contributed by atoms with Crippen LogP contribution in [0.2, 0.25) is 0 Å². The molecule has 0 saturated carbocycles. The fourth-order valence-corrected chi connectivity index (χ4v) is 3.05. The molecule has 1 fully saturated rings. The van der Waals surface area contributed by atoms with E-state index in [0.717, 1.165) is 12.0 Å². The Morgan fingerprint density at radius 2 is 2.12 bits per heavy atom. The zero-order valence-electron chi connectivity index (χ0n) is 14.2. The lowest BCUT2D eigenvalue weighted by molar-refractivity contribution is -0.132. The lowest BCUT2D eigenvalue weighted by Gasteiger charge is -2.28. The van der Waals surface area contributed by atoms with E-state index in [-0.39, 0.29) is 18.5 Å². The molecule has 3 rings (SSSR count). The third-order valence-electron chi connectivity index (χ3n) is 4.44. The minimum Gasteiger partial charge on any atom is -0.493 e. The Kier molecular flexibility index (Phi) is 4.78. The van der Waals surface area contributed by atoms with Gasteiger partial charge in [-0.3, -0.25) is 4.79 Å². The normalized spacial score (nSPS) is 17.9. The number of nitrogens with zero attached hydrogens (tertiary/aromatic N) is 3. The zero-order valence-corrected chi connectivity index (χ0v) is 14.2. The molecule has 0 N–H and O–H groups in total. The van der Waals surface area contributed by atoms with Gasteiger partial charge in [0, 0.05) is 38.8 Å². The summed E-state index contributed by atoms with van der Waals surface area (Å²) in [5, 5.41) is 0. The Balaban J connectivity index is 1.73. The number of methoxy groups -OCH3 is 1. The fraction of sp³-hybridized carbons (Fsp3) is 0.529. The van der Waals surface area contributed by atoms with Crippen molar-refractivity contribution in [3.05, 3.63) is 23.8 Å². The summed E-state index contributed by atoms with van der Waals surface area (Å²) in [6.07, 6.45) is 0.747. The Morgan fingerprint density at radius 1 is 1.29 bits per heavy atom. The highest BCUT2D eigenvalue weighted by atomic mass is 16.5. The lowest BCUT2D eigenvalue weighted by Crippen LogP contribution is -2.42. The Bertz CT molecular complexity index is 634. The maximum Gasteiger partial charge on any atom is 0.320 e. The molecule has 2 aliphatic heterocycles. The highest BCUT2D eigenvalue weighted by Crippen LogP contribution is 2.33.